The zero-order chi connectivity index (χ0) is 24.0. The fourth-order valence-electron chi connectivity index (χ4n) is 5.19. The third-order valence-electron chi connectivity index (χ3n) is 7.09. The van der Waals surface area contributed by atoms with Crippen LogP contribution in [0.1, 0.15) is 34.9 Å². The van der Waals surface area contributed by atoms with E-state index in [1.807, 2.05) is 37.4 Å². The molecule has 5 aromatic rings. The predicted molar refractivity (Wildman–Crippen MR) is 141 cm³/mol. The number of fused-ring (bicyclic) bond motifs is 3. The van der Waals surface area contributed by atoms with Crippen LogP contribution in [-0.2, 0) is 5.41 Å². The van der Waals surface area contributed by atoms with Crippen molar-refractivity contribution in [2.75, 3.05) is 0 Å². The summed E-state index contributed by atoms with van der Waals surface area (Å²) in [5.41, 5.74) is 10.4. The van der Waals surface area contributed by atoms with Crippen LogP contribution in [0.5, 0.6) is 11.6 Å². The van der Waals surface area contributed by atoms with E-state index in [2.05, 4.69) is 85.6 Å². The fourth-order valence-corrected chi connectivity index (χ4v) is 5.19. The van der Waals surface area contributed by atoms with Crippen LogP contribution in [-0.4, -0.2) is 9.97 Å². The summed E-state index contributed by atoms with van der Waals surface area (Å²) in [6.07, 6.45) is 3.67. The number of aryl methyl sites for hydroxylation is 2. The van der Waals surface area contributed by atoms with E-state index < -0.39 is 0 Å². The second-order valence-corrected chi connectivity index (χ2v) is 9.40. The molecule has 0 bridgehead atoms. The molecule has 0 N–H and O–H groups in total. The Morgan fingerprint density at radius 2 is 1.49 bits per heavy atom. The number of pyridine rings is 2. The van der Waals surface area contributed by atoms with Gasteiger partial charge < -0.3 is 4.74 Å². The first kappa shape index (κ1) is 21.3. The number of rotatable bonds is 4. The highest BCUT2D eigenvalue weighted by atomic mass is 16.5. The molecule has 170 valence electrons. The van der Waals surface area contributed by atoms with Crippen LogP contribution in [0.25, 0.3) is 22.3 Å². The van der Waals surface area contributed by atoms with Crippen molar-refractivity contribution in [1.82, 2.24) is 9.97 Å². The molecule has 0 saturated heterocycles. The summed E-state index contributed by atoms with van der Waals surface area (Å²) in [5, 5.41) is 0. The van der Waals surface area contributed by atoms with Crippen molar-refractivity contribution in [3.05, 3.63) is 131 Å². The van der Waals surface area contributed by atoms with Crippen molar-refractivity contribution in [3.63, 3.8) is 0 Å². The van der Waals surface area contributed by atoms with Gasteiger partial charge >= 0.3 is 0 Å². The predicted octanol–water partition coefficient (Wildman–Crippen LogP) is 7.89. The van der Waals surface area contributed by atoms with Crippen LogP contribution in [0.4, 0.5) is 0 Å². The van der Waals surface area contributed by atoms with Gasteiger partial charge in [0.25, 0.3) is 0 Å². The van der Waals surface area contributed by atoms with Crippen LogP contribution in [0.3, 0.4) is 0 Å². The standard InChI is InChI=1S/C32H26N2O/c1-21-15-17-33-30(18-21)32(3)28-12-5-4-11-26(28)27-14-13-24(20-29(27)32)23-9-6-10-25(19-23)35-31-22(2)8-7-16-34-31/h4-20H,1-3H3. The van der Waals surface area contributed by atoms with Crippen molar-refractivity contribution in [2.45, 2.75) is 26.2 Å². The molecule has 3 heteroatoms. The molecule has 6 rings (SSSR count). The van der Waals surface area contributed by atoms with E-state index in [4.69, 9.17) is 9.72 Å². The van der Waals surface area contributed by atoms with E-state index in [1.165, 1.54) is 27.8 Å². The van der Waals surface area contributed by atoms with Gasteiger partial charge in [0.2, 0.25) is 5.88 Å². The van der Waals surface area contributed by atoms with Gasteiger partial charge in [-0.2, -0.15) is 0 Å². The van der Waals surface area contributed by atoms with Gasteiger partial charge in [-0.25, -0.2) is 4.98 Å². The van der Waals surface area contributed by atoms with Crippen LogP contribution in [0.2, 0.25) is 0 Å². The first-order chi connectivity index (χ1) is 17.0. The van der Waals surface area contributed by atoms with E-state index in [0.29, 0.717) is 5.88 Å². The van der Waals surface area contributed by atoms with Crippen LogP contribution < -0.4 is 4.74 Å². The van der Waals surface area contributed by atoms with Gasteiger partial charge in [-0.1, -0.05) is 54.6 Å². The Morgan fingerprint density at radius 3 is 2.34 bits per heavy atom. The zero-order valence-corrected chi connectivity index (χ0v) is 20.1. The van der Waals surface area contributed by atoms with E-state index in [0.717, 1.165) is 28.1 Å². The molecule has 2 aromatic heterocycles. The maximum absolute atomic E-state index is 6.12. The number of hydrogen-bond donors (Lipinski definition) is 0. The molecule has 35 heavy (non-hydrogen) atoms. The third-order valence-corrected chi connectivity index (χ3v) is 7.09. The van der Waals surface area contributed by atoms with E-state index in [9.17, 15) is 0 Å². The lowest BCUT2D eigenvalue weighted by molar-refractivity contribution is 0.459. The summed E-state index contributed by atoms with van der Waals surface area (Å²) >= 11 is 0. The number of ether oxygens (including phenoxy) is 1. The third kappa shape index (κ3) is 3.52. The summed E-state index contributed by atoms with van der Waals surface area (Å²) in [4.78, 5) is 9.21. The Bertz CT molecular complexity index is 1570. The fraction of sp³-hybridized carbons (Fsp3) is 0.125. The number of hydrogen-bond acceptors (Lipinski definition) is 3. The first-order valence-electron chi connectivity index (χ1n) is 11.9. The number of nitrogens with zero attached hydrogens (tertiary/aromatic N) is 2. The highest BCUT2D eigenvalue weighted by Crippen LogP contribution is 2.52. The highest BCUT2D eigenvalue weighted by molar-refractivity contribution is 5.85. The van der Waals surface area contributed by atoms with Gasteiger partial charge in [-0.15, -0.1) is 0 Å². The molecular weight excluding hydrogens is 428 g/mol. The molecule has 0 spiro atoms. The molecule has 0 radical (unpaired) electrons. The minimum absolute atomic E-state index is 0.326. The molecule has 2 heterocycles. The van der Waals surface area contributed by atoms with Crippen molar-refractivity contribution >= 4 is 0 Å². The van der Waals surface area contributed by atoms with Crippen LogP contribution in [0.15, 0.2) is 103 Å². The average molecular weight is 455 g/mol. The molecule has 1 aliphatic carbocycles. The minimum atomic E-state index is -0.326. The average Bonchev–Trinajstić information content (AvgIpc) is 3.15. The summed E-state index contributed by atoms with van der Waals surface area (Å²) in [7, 11) is 0. The molecule has 3 nitrogen and oxygen atoms in total. The van der Waals surface area contributed by atoms with Gasteiger partial charge in [-0.05, 0) is 96.1 Å². The van der Waals surface area contributed by atoms with Crippen molar-refractivity contribution in [1.29, 1.82) is 0 Å². The monoisotopic (exact) mass is 454 g/mol. The Morgan fingerprint density at radius 1 is 0.657 bits per heavy atom. The van der Waals surface area contributed by atoms with E-state index in [-0.39, 0.29) is 5.41 Å². The summed E-state index contributed by atoms with van der Waals surface area (Å²) in [6, 6.07) is 31.9. The maximum Gasteiger partial charge on any atom is 0.222 e. The van der Waals surface area contributed by atoms with Gasteiger partial charge in [0.15, 0.2) is 0 Å². The lowest BCUT2D eigenvalue weighted by Crippen LogP contribution is -2.24. The summed E-state index contributed by atoms with van der Waals surface area (Å²) < 4.78 is 6.12. The Hall–Kier alpha value is -4.24. The van der Waals surface area contributed by atoms with Gasteiger partial charge in [0, 0.05) is 18.0 Å². The van der Waals surface area contributed by atoms with Gasteiger partial charge in [0.1, 0.15) is 5.75 Å². The minimum Gasteiger partial charge on any atom is -0.439 e. The van der Waals surface area contributed by atoms with Gasteiger partial charge in [0.05, 0.1) is 11.1 Å². The molecular formula is C32H26N2O. The lowest BCUT2D eigenvalue weighted by atomic mass is 9.76. The molecule has 0 aliphatic heterocycles. The molecule has 3 aromatic carbocycles. The summed E-state index contributed by atoms with van der Waals surface area (Å²) in [6.45, 7) is 6.43. The molecule has 0 fully saturated rings. The quantitative estimate of drug-likeness (QED) is 0.277. The van der Waals surface area contributed by atoms with Crippen molar-refractivity contribution in [3.8, 4) is 33.9 Å². The maximum atomic E-state index is 6.12. The SMILES string of the molecule is Cc1ccnc(C2(C)c3ccccc3-c3ccc(-c4cccc(Oc5ncccc5C)c4)cc32)c1. The number of benzene rings is 3. The van der Waals surface area contributed by atoms with Crippen LogP contribution in [0, 0.1) is 13.8 Å². The smallest absolute Gasteiger partial charge is 0.222 e. The molecule has 1 atom stereocenters. The topological polar surface area (TPSA) is 35.0 Å². The number of aromatic nitrogens is 2. The molecule has 1 unspecified atom stereocenters. The van der Waals surface area contributed by atoms with E-state index in [1.54, 1.807) is 6.20 Å². The van der Waals surface area contributed by atoms with Crippen molar-refractivity contribution in [2.24, 2.45) is 0 Å². The van der Waals surface area contributed by atoms with Crippen LogP contribution >= 0.6 is 0 Å². The molecule has 0 saturated carbocycles. The highest BCUT2D eigenvalue weighted by Gasteiger charge is 2.41. The Labute approximate surface area is 206 Å². The largest absolute Gasteiger partial charge is 0.439 e. The molecule has 0 amide bonds. The first-order valence-corrected chi connectivity index (χ1v) is 11.9. The Kier molecular flexibility index (Phi) is 5.00. The summed E-state index contributed by atoms with van der Waals surface area (Å²) in [5.74, 6) is 1.41. The lowest BCUT2D eigenvalue weighted by Gasteiger charge is -2.27. The Balaban J connectivity index is 1.47. The van der Waals surface area contributed by atoms with Gasteiger partial charge in [-0.3, -0.25) is 4.98 Å². The second kappa shape index (κ2) is 8.21. The second-order valence-electron chi connectivity index (χ2n) is 9.40. The van der Waals surface area contributed by atoms with Crippen molar-refractivity contribution < 1.29 is 4.74 Å². The van der Waals surface area contributed by atoms with E-state index >= 15 is 0 Å². The molecule has 1 aliphatic rings. The normalized spacial score (nSPS) is 16.0. The zero-order valence-electron chi connectivity index (χ0n) is 20.1.